The van der Waals surface area contributed by atoms with Crippen molar-refractivity contribution in [1.29, 1.82) is 0 Å². The smallest absolute Gasteiger partial charge is 0.230 e. The van der Waals surface area contributed by atoms with Gasteiger partial charge in [0, 0.05) is 54.8 Å². The third-order valence-corrected chi connectivity index (χ3v) is 9.19. The predicted molar refractivity (Wildman–Crippen MR) is 164 cm³/mol. The van der Waals surface area contributed by atoms with Crippen LogP contribution in [0.4, 0.5) is 0 Å². The molecule has 3 aliphatic heterocycles. The number of Topliss-reactive ketones (excluding diaryl/α,β-unsaturated/α-hetero) is 1. The molecule has 11 heteroatoms. The lowest BCUT2D eigenvalue weighted by Gasteiger charge is -2.47. The summed E-state index contributed by atoms with van der Waals surface area (Å²) < 4.78 is 28.3. The number of hydrogen-bond donors (Lipinski definition) is 0. The van der Waals surface area contributed by atoms with Gasteiger partial charge in [-0.25, -0.2) is 9.97 Å². The van der Waals surface area contributed by atoms with E-state index in [1.54, 1.807) is 31.4 Å². The molecule has 0 aliphatic carbocycles. The van der Waals surface area contributed by atoms with Crippen LogP contribution in [0, 0.1) is 11.3 Å². The topological polar surface area (TPSA) is 109 Å². The van der Waals surface area contributed by atoms with E-state index in [9.17, 15) is 9.59 Å². The van der Waals surface area contributed by atoms with Gasteiger partial charge in [0.1, 0.15) is 17.9 Å². The highest BCUT2D eigenvalue weighted by molar-refractivity contribution is 6.31. The molecule has 1 amide bonds. The number of methoxy groups -OCH3 is 1. The van der Waals surface area contributed by atoms with Crippen LogP contribution in [0.1, 0.15) is 44.1 Å². The van der Waals surface area contributed by atoms with Gasteiger partial charge in [0.05, 0.1) is 51.0 Å². The number of carbonyl (C=O) groups is 2. The second-order valence-corrected chi connectivity index (χ2v) is 12.4. The normalized spacial score (nSPS) is 17.6. The van der Waals surface area contributed by atoms with E-state index in [2.05, 4.69) is 9.97 Å². The molecule has 6 rings (SSSR count). The summed E-state index contributed by atoms with van der Waals surface area (Å²) >= 11 is 6.52. The number of hydrogen-bond acceptors (Lipinski definition) is 9. The number of amides is 1. The number of fused-ring (bicyclic) bond motifs is 1. The second-order valence-electron chi connectivity index (χ2n) is 12.0. The molecular weight excluding hydrogens is 586 g/mol. The minimum atomic E-state index is 0.158. The molecule has 1 aromatic heterocycles. The average Bonchev–Trinajstić information content (AvgIpc) is 2.99. The molecule has 2 aromatic carbocycles. The molecule has 44 heavy (non-hydrogen) atoms. The van der Waals surface area contributed by atoms with Crippen molar-refractivity contribution in [3.8, 4) is 23.1 Å². The minimum absolute atomic E-state index is 0.158. The standard InChI is InChI=1S/C33H38ClN3O7/c1-40-29-15-26-28(16-30(29)43-12-2-3-31(39)37-10-8-33(9-11-37)19-42-20-33)35-21-36-32(26)44-25-7-5-23(27(34)14-25)13-24(38)6-4-22-17-41-18-22/h5,7,14-16,21-22H,2-4,6,8-13,17-20H2,1H3. The van der Waals surface area contributed by atoms with Crippen LogP contribution in [0.15, 0.2) is 36.7 Å². The first-order valence-electron chi connectivity index (χ1n) is 15.3. The SMILES string of the molecule is COc1cc2c(Oc3ccc(CC(=O)CCC4COC4)c(Cl)c3)ncnc2cc1OCCCC(=O)N1CCC2(CC1)COC2. The summed E-state index contributed by atoms with van der Waals surface area (Å²) in [6.45, 7) is 5.13. The Kier molecular flexibility index (Phi) is 9.49. The van der Waals surface area contributed by atoms with Crippen molar-refractivity contribution in [3.05, 3.63) is 47.2 Å². The summed E-state index contributed by atoms with van der Waals surface area (Å²) in [5.74, 6) is 2.69. The van der Waals surface area contributed by atoms with Crippen molar-refractivity contribution >= 4 is 34.2 Å². The zero-order valence-electron chi connectivity index (χ0n) is 25.0. The molecule has 0 radical (unpaired) electrons. The van der Waals surface area contributed by atoms with E-state index >= 15 is 0 Å². The van der Waals surface area contributed by atoms with Gasteiger partial charge in [-0.1, -0.05) is 17.7 Å². The van der Waals surface area contributed by atoms with E-state index in [-0.39, 0.29) is 18.1 Å². The maximum Gasteiger partial charge on any atom is 0.230 e. The summed E-state index contributed by atoms with van der Waals surface area (Å²) in [5, 5.41) is 1.10. The minimum Gasteiger partial charge on any atom is -0.493 e. The van der Waals surface area contributed by atoms with Crippen molar-refractivity contribution in [1.82, 2.24) is 14.9 Å². The van der Waals surface area contributed by atoms with Gasteiger partial charge in [0.25, 0.3) is 0 Å². The van der Waals surface area contributed by atoms with Crippen LogP contribution < -0.4 is 14.2 Å². The number of rotatable bonds is 13. The van der Waals surface area contributed by atoms with E-state index in [0.717, 1.165) is 64.3 Å². The lowest BCUT2D eigenvalue weighted by molar-refractivity contribution is -0.153. The lowest BCUT2D eigenvalue weighted by atomic mass is 9.77. The Morgan fingerprint density at radius 3 is 2.55 bits per heavy atom. The molecule has 4 heterocycles. The summed E-state index contributed by atoms with van der Waals surface area (Å²) in [5.41, 5.74) is 1.69. The van der Waals surface area contributed by atoms with E-state index in [1.165, 1.54) is 6.33 Å². The van der Waals surface area contributed by atoms with Crippen molar-refractivity contribution in [2.24, 2.45) is 11.3 Å². The number of benzene rings is 2. The first-order valence-corrected chi connectivity index (χ1v) is 15.7. The van der Waals surface area contributed by atoms with Gasteiger partial charge in [-0.15, -0.1) is 0 Å². The number of ketones is 1. The number of piperidine rings is 1. The van der Waals surface area contributed by atoms with Crippen LogP contribution >= 0.6 is 11.6 Å². The molecule has 0 atom stereocenters. The number of halogens is 1. The zero-order valence-corrected chi connectivity index (χ0v) is 25.8. The Hall–Kier alpha value is -3.47. The third kappa shape index (κ3) is 7.08. The first kappa shape index (κ1) is 30.6. The van der Waals surface area contributed by atoms with Gasteiger partial charge in [0.15, 0.2) is 11.5 Å². The van der Waals surface area contributed by atoms with Crippen LogP contribution in [0.5, 0.6) is 23.1 Å². The fourth-order valence-corrected chi connectivity index (χ4v) is 6.07. The average molecular weight is 624 g/mol. The van der Waals surface area contributed by atoms with Gasteiger partial charge in [-0.2, -0.15) is 0 Å². The molecule has 0 bridgehead atoms. The molecule has 3 aliphatic rings. The molecular formula is C33H38ClN3O7. The largest absolute Gasteiger partial charge is 0.493 e. The number of ether oxygens (including phenoxy) is 5. The molecule has 234 valence electrons. The van der Waals surface area contributed by atoms with E-state index in [1.807, 2.05) is 11.0 Å². The summed E-state index contributed by atoms with van der Waals surface area (Å²) in [6.07, 6.45) is 6.16. The predicted octanol–water partition coefficient (Wildman–Crippen LogP) is 5.42. The number of nitrogens with zero attached hydrogens (tertiary/aromatic N) is 3. The van der Waals surface area contributed by atoms with E-state index in [4.69, 9.17) is 35.3 Å². The zero-order chi connectivity index (χ0) is 30.5. The fraction of sp³-hybridized carbons (Fsp3) is 0.515. The Balaban J connectivity index is 1.04. The molecule has 0 unspecified atom stereocenters. The third-order valence-electron chi connectivity index (χ3n) is 8.84. The number of aromatic nitrogens is 2. The molecule has 1 spiro atoms. The molecule has 3 fully saturated rings. The molecule has 0 N–H and O–H groups in total. The monoisotopic (exact) mass is 623 g/mol. The van der Waals surface area contributed by atoms with Crippen LogP contribution in [-0.4, -0.2) is 79.8 Å². The second kappa shape index (κ2) is 13.7. The first-order chi connectivity index (χ1) is 21.4. The van der Waals surface area contributed by atoms with E-state index < -0.39 is 0 Å². The van der Waals surface area contributed by atoms with Crippen molar-refractivity contribution in [2.75, 3.05) is 53.2 Å². The van der Waals surface area contributed by atoms with E-state index in [0.29, 0.717) is 76.3 Å². The van der Waals surface area contributed by atoms with Gasteiger partial charge in [0.2, 0.25) is 11.8 Å². The number of carbonyl (C=O) groups excluding carboxylic acids is 2. The highest BCUT2D eigenvalue weighted by Gasteiger charge is 2.41. The summed E-state index contributed by atoms with van der Waals surface area (Å²) in [7, 11) is 1.57. The van der Waals surface area contributed by atoms with Crippen LogP contribution in [0.2, 0.25) is 5.02 Å². The quantitative estimate of drug-likeness (QED) is 0.231. The van der Waals surface area contributed by atoms with Crippen molar-refractivity contribution in [2.45, 2.75) is 44.9 Å². The molecule has 3 saturated heterocycles. The van der Waals surface area contributed by atoms with Gasteiger partial charge in [-0.05, 0) is 49.4 Å². The van der Waals surface area contributed by atoms with Gasteiger partial charge >= 0.3 is 0 Å². The highest BCUT2D eigenvalue weighted by atomic mass is 35.5. The summed E-state index contributed by atoms with van der Waals surface area (Å²) in [6, 6.07) is 8.85. The Bertz CT molecular complexity index is 1500. The van der Waals surface area contributed by atoms with Gasteiger partial charge in [-0.3, -0.25) is 9.59 Å². The highest BCUT2D eigenvalue weighted by Crippen LogP contribution is 2.39. The maximum absolute atomic E-state index is 12.7. The molecule has 0 saturated carbocycles. The maximum atomic E-state index is 12.7. The Labute approximate surface area is 261 Å². The molecule has 10 nitrogen and oxygen atoms in total. The lowest BCUT2D eigenvalue weighted by Crippen LogP contribution is -2.52. The number of likely N-dealkylation sites (tertiary alicyclic amines) is 1. The van der Waals surface area contributed by atoms with Crippen LogP contribution in [0.3, 0.4) is 0 Å². The van der Waals surface area contributed by atoms with Crippen molar-refractivity contribution in [3.63, 3.8) is 0 Å². The van der Waals surface area contributed by atoms with Gasteiger partial charge < -0.3 is 28.6 Å². The Morgan fingerprint density at radius 1 is 1.05 bits per heavy atom. The summed E-state index contributed by atoms with van der Waals surface area (Å²) in [4.78, 5) is 35.9. The van der Waals surface area contributed by atoms with Crippen LogP contribution in [-0.2, 0) is 25.5 Å². The van der Waals surface area contributed by atoms with Crippen molar-refractivity contribution < 1.29 is 33.3 Å². The fourth-order valence-electron chi connectivity index (χ4n) is 5.83. The Morgan fingerprint density at radius 2 is 1.86 bits per heavy atom. The molecule has 3 aromatic rings. The van der Waals surface area contributed by atoms with Crippen LogP contribution in [0.25, 0.3) is 10.9 Å².